The van der Waals surface area contributed by atoms with Gasteiger partial charge in [-0.3, -0.25) is 4.79 Å². The molecule has 1 heterocycles. The molecule has 122 valence electrons. The second kappa shape index (κ2) is 6.16. The van der Waals surface area contributed by atoms with E-state index in [1.165, 1.54) is 4.90 Å². The average molecular weight is 316 g/mol. The number of aryl methyl sites for hydroxylation is 1. The summed E-state index contributed by atoms with van der Waals surface area (Å²) in [5, 5.41) is 0. The number of rotatable bonds is 2. The highest BCUT2D eigenvalue weighted by atomic mass is 19.4. The zero-order valence-corrected chi connectivity index (χ0v) is 12.5. The number of hydrogen-bond acceptors (Lipinski definition) is 3. The fraction of sp³-hybridized carbons (Fsp3) is 0.533. The SMILES string of the molecule is Cc1cccc(C(=O)N2CC(C)OC(CC(F)(F)F)C2)c1N. The molecule has 0 aliphatic carbocycles. The highest BCUT2D eigenvalue weighted by molar-refractivity contribution is 5.99. The van der Waals surface area contributed by atoms with Crippen LogP contribution >= 0.6 is 0 Å². The van der Waals surface area contributed by atoms with Crippen molar-refractivity contribution in [3.8, 4) is 0 Å². The molecule has 1 aromatic carbocycles. The molecule has 0 spiro atoms. The standard InChI is InChI=1S/C15H19F3N2O2/c1-9-4-3-5-12(13(9)19)14(21)20-7-10(2)22-11(8-20)6-15(16,17)18/h3-5,10-11H,6-8,19H2,1-2H3. The van der Waals surface area contributed by atoms with Crippen LogP contribution in [0.4, 0.5) is 18.9 Å². The Morgan fingerprint density at radius 2 is 2.09 bits per heavy atom. The monoisotopic (exact) mass is 316 g/mol. The minimum atomic E-state index is -4.32. The molecule has 2 rings (SSSR count). The van der Waals surface area contributed by atoms with Crippen molar-refractivity contribution in [3.05, 3.63) is 29.3 Å². The molecule has 0 bridgehead atoms. The molecule has 0 radical (unpaired) electrons. The van der Waals surface area contributed by atoms with Crippen LogP contribution in [0.25, 0.3) is 0 Å². The maximum atomic E-state index is 12.5. The van der Waals surface area contributed by atoms with Gasteiger partial charge in [-0.1, -0.05) is 12.1 Å². The van der Waals surface area contributed by atoms with E-state index in [2.05, 4.69) is 0 Å². The molecular weight excluding hydrogens is 297 g/mol. The Kier molecular flexibility index (Phi) is 4.65. The van der Waals surface area contributed by atoms with Gasteiger partial charge in [0, 0.05) is 18.8 Å². The van der Waals surface area contributed by atoms with Crippen LogP contribution in [0, 0.1) is 6.92 Å². The Balaban J connectivity index is 2.16. The van der Waals surface area contributed by atoms with E-state index in [1.807, 2.05) is 0 Å². The molecular formula is C15H19F3N2O2. The Labute approximate surface area is 127 Å². The molecule has 1 amide bonds. The molecule has 2 unspecified atom stereocenters. The van der Waals surface area contributed by atoms with Gasteiger partial charge < -0.3 is 15.4 Å². The number of nitrogen functional groups attached to an aromatic ring is 1. The minimum Gasteiger partial charge on any atom is -0.398 e. The maximum absolute atomic E-state index is 12.5. The van der Waals surface area contributed by atoms with Gasteiger partial charge in [-0.05, 0) is 25.5 Å². The number of para-hydroxylation sites is 1. The molecule has 1 aliphatic rings. The summed E-state index contributed by atoms with van der Waals surface area (Å²) in [6.45, 7) is 3.60. The van der Waals surface area contributed by atoms with Crippen LogP contribution in [-0.4, -0.2) is 42.3 Å². The molecule has 22 heavy (non-hydrogen) atoms. The number of ether oxygens (including phenoxy) is 1. The van der Waals surface area contributed by atoms with E-state index in [0.717, 1.165) is 5.56 Å². The number of nitrogens with two attached hydrogens (primary N) is 1. The number of hydrogen-bond donors (Lipinski definition) is 1. The Hall–Kier alpha value is -1.76. The minimum absolute atomic E-state index is 0.0872. The highest BCUT2D eigenvalue weighted by Gasteiger charge is 2.37. The van der Waals surface area contributed by atoms with Gasteiger partial charge in [0.1, 0.15) is 0 Å². The van der Waals surface area contributed by atoms with E-state index in [-0.39, 0.29) is 19.0 Å². The van der Waals surface area contributed by atoms with E-state index in [4.69, 9.17) is 10.5 Å². The number of anilines is 1. The highest BCUT2D eigenvalue weighted by Crippen LogP contribution is 2.27. The van der Waals surface area contributed by atoms with Gasteiger partial charge in [0.2, 0.25) is 0 Å². The normalized spacial score (nSPS) is 22.7. The summed E-state index contributed by atoms with van der Waals surface area (Å²) in [5.74, 6) is -0.358. The lowest BCUT2D eigenvalue weighted by Crippen LogP contribution is -2.50. The van der Waals surface area contributed by atoms with Crippen molar-refractivity contribution in [2.24, 2.45) is 0 Å². The summed E-state index contributed by atoms with van der Waals surface area (Å²) < 4.78 is 42.9. The number of carbonyl (C=O) groups excluding carboxylic acids is 1. The van der Waals surface area contributed by atoms with Crippen molar-refractivity contribution < 1.29 is 22.7 Å². The summed E-state index contributed by atoms with van der Waals surface area (Å²) in [6, 6.07) is 5.07. The molecule has 2 N–H and O–H groups in total. The Morgan fingerprint density at radius 1 is 1.41 bits per heavy atom. The van der Waals surface area contributed by atoms with Crippen LogP contribution in [0.1, 0.15) is 29.3 Å². The fourth-order valence-corrected chi connectivity index (χ4v) is 2.62. The van der Waals surface area contributed by atoms with E-state index < -0.39 is 24.8 Å². The number of benzene rings is 1. The number of carbonyl (C=O) groups is 1. The van der Waals surface area contributed by atoms with Gasteiger partial charge in [0.25, 0.3) is 5.91 Å². The lowest BCUT2D eigenvalue weighted by atomic mass is 10.1. The topological polar surface area (TPSA) is 55.6 Å². The van der Waals surface area contributed by atoms with Gasteiger partial charge >= 0.3 is 6.18 Å². The number of morpholine rings is 1. The number of nitrogens with zero attached hydrogens (tertiary/aromatic N) is 1. The van der Waals surface area contributed by atoms with Crippen LogP contribution in [0.5, 0.6) is 0 Å². The van der Waals surface area contributed by atoms with E-state index in [1.54, 1.807) is 32.0 Å². The largest absolute Gasteiger partial charge is 0.398 e. The quantitative estimate of drug-likeness (QED) is 0.854. The second-order valence-corrected chi connectivity index (χ2v) is 5.63. The number of amides is 1. The molecule has 1 aliphatic heterocycles. The van der Waals surface area contributed by atoms with Gasteiger partial charge in [-0.25, -0.2) is 0 Å². The zero-order chi connectivity index (χ0) is 16.5. The molecule has 1 fully saturated rings. The first-order valence-electron chi connectivity index (χ1n) is 7.04. The second-order valence-electron chi connectivity index (χ2n) is 5.63. The first-order valence-corrected chi connectivity index (χ1v) is 7.04. The summed E-state index contributed by atoms with van der Waals surface area (Å²) in [7, 11) is 0. The van der Waals surface area contributed by atoms with Crippen molar-refractivity contribution >= 4 is 11.6 Å². The van der Waals surface area contributed by atoms with Gasteiger partial charge in [-0.2, -0.15) is 13.2 Å². The third kappa shape index (κ3) is 3.91. The molecule has 0 aromatic heterocycles. The third-order valence-corrected chi connectivity index (χ3v) is 3.63. The van der Waals surface area contributed by atoms with Gasteiger partial charge in [0.15, 0.2) is 0 Å². The van der Waals surface area contributed by atoms with Crippen molar-refractivity contribution in [2.45, 2.75) is 38.7 Å². The summed E-state index contributed by atoms with van der Waals surface area (Å²) in [5.41, 5.74) is 7.34. The van der Waals surface area contributed by atoms with Gasteiger partial charge in [0.05, 0.1) is 24.2 Å². The fourth-order valence-electron chi connectivity index (χ4n) is 2.62. The predicted octanol–water partition coefficient (Wildman–Crippen LogP) is 2.76. The first-order chi connectivity index (χ1) is 10.2. The molecule has 0 saturated carbocycles. The van der Waals surface area contributed by atoms with Crippen LogP contribution in [0.15, 0.2) is 18.2 Å². The van der Waals surface area contributed by atoms with Crippen molar-refractivity contribution in [3.63, 3.8) is 0 Å². The molecule has 1 saturated heterocycles. The van der Waals surface area contributed by atoms with Gasteiger partial charge in [-0.15, -0.1) is 0 Å². The summed E-state index contributed by atoms with van der Waals surface area (Å²) >= 11 is 0. The molecule has 7 heteroatoms. The Bertz CT molecular complexity index is 560. The van der Waals surface area contributed by atoms with Crippen molar-refractivity contribution in [1.29, 1.82) is 0 Å². The van der Waals surface area contributed by atoms with E-state index >= 15 is 0 Å². The van der Waals surface area contributed by atoms with E-state index in [0.29, 0.717) is 11.3 Å². The number of halogens is 3. The molecule has 4 nitrogen and oxygen atoms in total. The predicted molar refractivity (Wildman–Crippen MR) is 76.5 cm³/mol. The van der Waals surface area contributed by atoms with Crippen LogP contribution < -0.4 is 5.73 Å². The summed E-state index contributed by atoms with van der Waals surface area (Å²) in [6.07, 6.45) is -6.88. The van der Waals surface area contributed by atoms with Crippen molar-refractivity contribution in [1.82, 2.24) is 4.90 Å². The first kappa shape index (κ1) is 16.6. The maximum Gasteiger partial charge on any atom is 0.391 e. The Morgan fingerprint density at radius 3 is 2.73 bits per heavy atom. The smallest absolute Gasteiger partial charge is 0.391 e. The molecule has 2 atom stereocenters. The third-order valence-electron chi connectivity index (χ3n) is 3.63. The van der Waals surface area contributed by atoms with Crippen LogP contribution in [0.2, 0.25) is 0 Å². The van der Waals surface area contributed by atoms with Crippen LogP contribution in [0.3, 0.4) is 0 Å². The average Bonchev–Trinajstić information content (AvgIpc) is 2.38. The lowest BCUT2D eigenvalue weighted by molar-refractivity contribution is -0.177. The molecule has 1 aromatic rings. The summed E-state index contributed by atoms with van der Waals surface area (Å²) in [4.78, 5) is 13.9. The van der Waals surface area contributed by atoms with E-state index in [9.17, 15) is 18.0 Å². The lowest BCUT2D eigenvalue weighted by Gasteiger charge is -2.37. The number of alkyl halides is 3. The zero-order valence-electron chi connectivity index (χ0n) is 12.5. The van der Waals surface area contributed by atoms with Crippen LogP contribution in [-0.2, 0) is 4.74 Å². The van der Waals surface area contributed by atoms with Crippen molar-refractivity contribution in [2.75, 3.05) is 18.8 Å².